The summed E-state index contributed by atoms with van der Waals surface area (Å²) in [6.07, 6.45) is -21.1. The minimum atomic E-state index is -5.93. The third-order valence-corrected chi connectivity index (χ3v) is 15.4. The second kappa shape index (κ2) is 24.3. The van der Waals surface area contributed by atoms with E-state index in [0.717, 1.165) is 33.4 Å². The molecule has 0 bridgehead atoms. The third-order valence-electron chi connectivity index (χ3n) is 15.4. The Kier molecular flexibility index (Phi) is 19.7. The molecule has 0 aromatic heterocycles. The molecule has 0 aliphatic carbocycles. The number of aliphatic hydroxyl groups is 2. The predicted molar refractivity (Wildman–Crippen MR) is 268 cm³/mol. The molecule has 6 rings (SSSR count). The fraction of sp³-hybridized carbons (Fsp3) is 0.517. The van der Waals surface area contributed by atoms with Gasteiger partial charge in [0, 0.05) is 23.7 Å². The number of hydrogen-bond donors (Lipinski definition) is 2. The van der Waals surface area contributed by atoms with Crippen LogP contribution >= 0.6 is 0 Å². The summed E-state index contributed by atoms with van der Waals surface area (Å²) in [5.41, 5.74) is -3.73. The van der Waals surface area contributed by atoms with Crippen LogP contribution in [-0.2, 0) is 36.3 Å². The Hall–Kier alpha value is -5.76. The lowest BCUT2D eigenvalue weighted by atomic mass is 9.69. The normalized spacial score (nSPS) is 17.0. The quantitative estimate of drug-likeness (QED) is 0.0706. The number of rotatable bonds is 19. The Bertz CT molecular complexity index is 2720. The van der Waals surface area contributed by atoms with Crippen LogP contribution in [0.25, 0.3) is 6.08 Å². The molecule has 0 radical (unpaired) electrons. The highest BCUT2D eigenvalue weighted by Gasteiger charge is 2.70. The fourth-order valence-corrected chi connectivity index (χ4v) is 10.2. The lowest BCUT2D eigenvalue weighted by Gasteiger charge is -2.35. The highest BCUT2D eigenvalue weighted by molar-refractivity contribution is 5.72. The molecule has 2 aliphatic heterocycles. The first-order valence-electron chi connectivity index (χ1n) is 25.6. The van der Waals surface area contributed by atoms with Crippen LogP contribution in [0, 0.1) is 27.7 Å². The molecule has 4 aromatic rings. The summed E-state index contributed by atoms with van der Waals surface area (Å²) < 4.78 is 179. The Morgan fingerprint density at radius 1 is 0.526 bits per heavy atom. The molecule has 4 aromatic carbocycles. The number of benzene rings is 4. The van der Waals surface area contributed by atoms with Gasteiger partial charge in [0.2, 0.25) is 0 Å². The maximum atomic E-state index is 13.1. The molecule has 430 valence electrons. The number of hydrogen-bond acceptors (Lipinski definition) is 8. The lowest BCUT2D eigenvalue weighted by molar-refractivity contribution is -0.369. The Morgan fingerprint density at radius 2 is 0.897 bits per heavy atom. The molecule has 20 heteroatoms. The van der Waals surface area contributed by atoms with E-state index in [4.69, 9.17) is 18.9 Å². The molecule has 0 amide bonds. The van der Waals surface area contributed by atoms with Crippen LogP contribution in [0.4, 0.5) is 52.7 Å². The number of halogens is 12. The summed E-state index contributed by atoms with van der Waals surface area (Å²) in [5.74, 6) is 0.848. The van der Waals surface area contributed by atoms with Crippen molar-refractivity contribution in [2.45, 2.75) is 179 Å². The van der Waals surface area contributed by atoms with E-state index in [1.165, 1.54) is 6.07 Å². The number of ether oxygens (including phenoxy) is 4. The maximum Gasteiger partial charge on any atom is 0.430 e. The van der Waals surface area contributed by atoms with E-state index in [1.807, 2.05) is 77.9 Å². The van der Waals surface area contributed by atoms with Crippen LogP contribution in [-0.4, -0.2) is 83.5 Å². The summed E-state index contributed by atoms with van der Waals surface area (Å²) in [6.45, 7) is 15.6. The van der Waals surface area contributed by atoms with Crippen molar-refractivity contribution >= 4 is 18.0 Å². The van der Waals surface area contributed by atoms with Gasteiger partial charge in [0.05, 0.1) is 0 Å². The molecule has 2 saturated heterocycles. The number of esters is 2. The van der Waals surface area contributed by atoms with Gasteiger partial charge in [-0.2, -0.15) is 52.7 Å². The first-order chi connectivity index (χ1) is 36.1. The predicted octanol–water partition coefficient (Wildman–Crippen LogP) is 14.6. The van der Waals surface area contributed by atoms with Crippen LogP contribution in [0.5, 0.6) is 11.5 Å². The number of aryl methyl sites for hydroxylation is 5. The smallest absolute Gasteiger partial charge is 0.430 e. The zero-order valence-electron chi connectivity index (χ0n) is 44.6. The Morgan fingerprint density at radius 3 is 1.22 bits per heavy atom. The summed E-state index contributed by atoms with van der Waals surface area (Å²) in [4.78, 5) is 22.6. The zero-order chi connectivity index (χ0) is 58.5. The van der Waals surface area contributed by atoms with Crippen LogP contribution < -0.4 is 9.47 Å². The topological polar surface area (TPSA) is 112 Å². The van der Waals surface area contributed by atoms with Gasteiger partial charge >= 0.3 is 36.6 Å². The van der Waals surface area contributed by atoms with Gasteiger partial charge in [-0.25, -0.2) is 0 Å². The van der Waals surface area contributed by atoms with E-state index < -0.39 is 59.6 Å². The monoisotopic (exact) mass is 1120 g/mol. The van der Waals surface area contributed by atoms with Gasteiger partial charge in [-0.15, -0.1) is 0 Å². The second-order valence-corrected chi connectivity index (χ2v) is 20.1. The molecule has 78 heavy (non-hydrogen) atoms. The first kappa shape index (κ1) is 63.1. The fourth-order valence-electron chi connectivity index (χ4n) is 10.2. The zero-order valence-corrected chi connectivity index (χ0v) is 44.6. The van der Waals surface area contributed by atoms with Crippen molar-refractivity contribution in [1.82, 2.24) is 0 Å². The Balaban J connectivity index is 0.000000287. The lowest BCUT2D eigenvalue weighted by Crippen LogP contribution is -2.57. The number of cyclic esters (lactones) is 2. The standard InChI is InChI=1S/C29H34F6O4.C29H32F6O4/c2*1-5-26(6-2,22-9-11-24(19(4)16-22)38-17-23-10-12-25(36)39-23)21-8-7-20(18(3)15-21)13-14-27(37,28(30,31)32)29(33,34)35/h7-9,11,15-16,23,37H,5-6,10,12-14,17H2,1-4H3;7-9,11,13-16,23,37H,5-6,10,12,17H2,1-4H3/b;14-13+/t2*23-/m00/s1. The van der Waals surface area contributed by atoms with Crippen molar-refractivity contribution in [2.24, 2.45) is 0 Å². The van der Waals surface area contributed by atoms with Gasteiger partial charge in [0.15, 0.2) is 0 Å². The SMILES string of the molecule is CCC(CC)(c1ccc(/C=C/C(O)(C(F)(F)F)C(F)(F)F)c(C)c1)c1ccc(OC[C@@H]2CCC(=O)O2)c(C)c1.CCC(CC)(c1ccc(CCC(O)(C(F)(F)F)C(F)(F)F)c(C)c1)c1ccc(OC[C@@H]2CCC(=O)O2)c(C)c1. The molecule has 0 saturated carbocycles. The number of carbonyl (C=O) groups is 2. The van der Waals surface area contributed by atoms with Crippen LogP contribution in [0.2, 0.25) is 0 Å². The molecule has 0 unspecified atom stereocenters. The van der Waals surface area contributed by atoms with Crippen molar-refractivity contribution < 1.29 is 91.4 Å². The largest absolute Gasteiger partial charge is 0.489 e. The van der Waals surface area contributed by atoms with Crippen LogP contribution in [0.15, 0.2) is 78.9 Å². The minimum absolute atomic E-state index is 0.124. The van der Waals surface area contributed by atoms with Gasteiger partial charge in [-0.3, -0.25) is 9.59 Å². The van der Waals surface area contributed by atoms with Crippen molar-refractivity contribution in [3.63, 3.8) is 0 Å². The van der Waals surface area contributed by atoms with Gasteiger partial charge in [0.25, 0.3) is 11.2 Å². The van der Waals surface area contributed by atoms with Gasteiger partial charge < -0.3 is 29.2 Å². The molecular formula is C58H66F12O8. The van der Waals surface area contributed by atoms with E-state index in [-0.39, 0.29) is 49.0 Å². The van der Waals surface area contributed by atoms with E-state index in [2.05, 4.69) is 0 Å². The average molecular weight is 1120 g/mol. The molecule has 2 fully saturated rings. The number of carbonyl (C=O) groups excluding carboxylic acids is 2. The Labute approximate surface area is 446 Å². The first-order valence-corrected chi connectivity index (χ1v) is 25.6. The average Bonchev–Trinajstić information content (AvgIpc) is 3.99. The van der Waals surface area contributed by atoms with Crippen molar-refractivity contribution in [3.05, 3.63) is 135 Å². The van der Waals surface area contributed by atoms with Gasteiger partial charge in [-0.1, -0.05) is 94.4 Å². The summed E-state index contributed by atoms with van der Waals surface area (Å²) in [5, 5.41) is 19.0. The highest BCUT2D eigenvalue weighted by atomic mass is 19.4. The molecule has 8 nitrogen and oxygen atoms in total. The summed E-state index contributed by atoms with van der Waals surface area (Å²) >= 11 is 0. The maximum absolute atomic E-state index is 13.1. The molecule has 2 N–H and O–H groups in total. The molecule has 0 spiro atoms. The third kappa shape index (κ3) is 13.4. The van der Waals surface area contributed by atoms with Crippen LogP contribution in [0.3, 0.4) is 0 Å². The van der Waals surface area contributed by atoms with E-state index in [0.29, 0.717) is 85.6 Å². The molecule has 2 aliphatic rings. The second-order valence-electron chi connectivity index (χ2n) is 20.1. The van der Waals surface area contributed by atoms with E-state index >= 15 is 0 Å². The van der Waals surface area contributed by atoms with Gasteiger partial charge in [-0.05, 0) is 153 Å². The molecular weight excluding hydrogens is 1050 g/mol. The van der Waals surface area contributed by atoms with E-state index in [9.17, 15) is 72.5 Å². The van der Waals surface area contributed by atoms with E-state index in [1.54, 1.807) is 44.2 Å². The summed E-state index contributed by atoms with van der Waals surface area (Å²) in [6, 6.07) is 21.6. The minimum Gasteiger partial charge on any atom is -0.489 e. The van der Waals surface area contributed by atoms with Crippen molar-refractivity contribution in [3.8, 4) is 11.5 Å². The van der Waals surface area contributed by atoms with Gasteiger partial charge in [0.1, 0.15) is 36.9 Å². The summed E-state index contributed by atoms with van der Waals surface area (Å²) in [7, 11) is 0. The number of alkyl halides is 12. The van der Waals surface area contributed by atoms with Crippen molar-refractivity contribution in [1.29, 1.82) is 0 Å². The van der Waals surface area contributed by atoms with Crippen LogP contribution in [0.1, 0.15) is 141 Å². The molecule has 2 atom stereocenters. The molecule has 2 heterocycles. The van der Waals surface area contributed by atoms with Crippen molar-refractivity contribution in [2.75, 3.05) is 13.2 Å². The highest BCUT2D eigenvalue weighted by Crippen LogP contribution is 2.48.